The van der Waals surface area contributed by atoms with Gasteiger partial charge in [0.05, 0.1) is 11.8 Å². The maximum Gasteiger partial charge on any atom is 0.446 e. The Morgan fingerprint density at radius 1 is 1.07 bits per heavy atom. The van der Waals surface area contributed by atoms with Gasteiger partial charge in [-0.05, 0) is 54.9 Å². The molecule has 1 aliphatic rings. The molecule has 1 saturated heterocycles. The standard InChI is InChI=1S/C18H17F3N2O3S/c19-18(20,21)27-15-3-1-12(2-4-15)16(24)22-14-5-8-23(9-6-14)17(25)13-7-10-26-11-13/h1-4,7,10-11,14H,5-6,8-9H2,(H,22,24). The van der Waals surface area contributed by atoms with Crippen LogP contribution in [0.1, 0.15) is 33.6 Å². The summed E-state index contributed by atoms with van der Waals surface area (Å²) in [4.78, 5) is 26.3. The quantitative estimate of drug-likeness (QED) is 0.793. The number of likely N-dealkylation sites (tertiary alicyclic amines) is 1. The average Bonchev–Trinajstić information content (AvgIpc) is 3.15. The molecule has 0 saturated carbocycles. The van der Waals surface area contributed by atoms with Crippen molar-refractivity contribution in [2.75, 3.05) is 13.1 Å². The van der Waals surface area contributed by atoms with Crippen molar-refractivity contribution >= 4 is 23.6 Å². The first kappa shape index (κ1) is 19.3. The van der Waals surface area contributed by atoms with Crippen LogP contribution in [0.15, 0.2) is 52.2 Å². The zero-order valence-corrected chi connectivity index (χ0v) is 15.0. The predicted molar refractivity (Wildman–Crippen MR) is 93.5 cm³/mol. The number of carbonyl (C=O) groups is 2. The van der Waals surface area contributed by atoms with Crippen molar-refractivity contribution in [3.8, 4) is 0 Å². The monoisotopic (exact) mass is 398 g/mol. The third kappa shape index (κ3) is 5.29. The Bertz CT molecular complexity index is 783. The van der Waals surface area contributed by atoms with Gasteiger partial charge in [0.25, 0.3) is 11.8 Å². The molecule has 144 valence electrons. The first-order valence-corrected chi connectivity index (χ1v) is 9.11. The number of amides is 2. The molecule has 2 amide bonds. The number of furan rings is 1. The number of halogens is 3. The van der Waals surface area contributed by atoms with Gasteiger partial charge in [0.15, 0.2) is 0 Å². The smallest absolute Gasteiger partial charge is 0.446 e. The summed E-state index contributed by atoms with van der Waals surface area (Å²) in [6.07, 6.45) is 4.06. The van der Waals surface area contributed by atoms with Crippen molar-refractivity contribution in [2.45, 2.75) is 29.3 Å². The summed E-state index contributed by atoms with van der Waals surface area (Å²) in [5, 5.41) is 2.87. The van der Waals surface area contributed by atoms with Crippen molar-refractivity contribution in [1.82, 2.24) is 10.2 Å². The van der Waals surface area contributed by atoms with Gasteiger partial charge in [-0.25, -0.2) is 0 Å². The molecule has 27 heavy (non-hydrogen) atoms. The van der Waals surface area contributed by atoms with Gasteiger partial charge in [-0.15, -0.1) is 0 Å². The van der Waals surface area contributed by atoms with Crippen molar-refractivity contribution in [2.24, 2.45) is 0 Å². The maximum absolute atomic E-state index is 12.3. The Balaban J connectivity index is 1.50. The normalized spacial score (nSPS) is 15.6. The number of piperidine rings is 1. The molecule has 3 rings (SSSR count). The van der Waals surface area contributed by atoms with Gasteiger partial charge >= 0.3 is 5.51 Å². The molecule has 1 aromatic carbocycles. The van der Waals surface area contributed by atoms with Crippen LogP contribution in [0.5, 0.6) is 0 Å². The summed E-state index contributed by atoms with van der Waals surface area (Å²) in [6.45, 7) is 1.02. The van der Waals surface area contributed by atoms with E-state index in [9.17, 15) is 22.8 Å². The molecule has 0 aliphatic carbocycles. The van der Waals surface area contributed by atoms with Gasteiger partial charge in [-0.1, -0.05) is 0 Å². The molecule has 1 N–H and O–H groups in total. The molecule has 5 nitrogen and oxygen atoms in total. The van der Waals surface area contributed by atoms with E-state index in [1.54, 1.807) is 11.0 Å². The number of nitrogens with zero attached hydrogens (tertiary/aromatic N) is 1. The van der Waals surface area contributed by atoms with E-state index < -0.39 is 5.51 Å². The zero-order valence-electron chi connectivity index (χ0n) is 14.2. The van der Waals surface area contributed by atoms with Crippen molar-refractivity contribution in [3.05, 3.63) is 54.0 Å². The highest BCUT2D eigenvalue weighted by atomic mass is 32.2. The topological polar surface area (TPSA) is 62.6 Å². The average molecular weight is 398 g/mol. The minimum absolute atomic E-state index is 0.0325. The first-order valence-electron chi connectivity index (χ1n) is 8.30. The molecule has 1 aliphatic heterocycles. The lowest BCUT2D eigenvalue weighted by molar-refractivity contribution is -0.0328. The van der Waals surface area contributed by atoms with Gasteiger partial charge in [0, 0.05) is 29.6 Å². The summed E-state index contributed by atoms with van der Waals surface area (Å²) in [5.41, 5.74) is -3.56. The molecule has 0 bridgehead atoms. The highest BCUT2D eigenvalue weighted by Crippen LogP contribution is 2.36. The third-order valence-electron chi connectivity index (χ3n) is 4.24. The summed E-state index contributed by atoms with van der Waals surface area (Å²) in [7, 11) is 0. The highest BCUT2D eigenvalue weighted by Gasteiger charge is 2.29. The maximum atomic E-state index is 12.3. The highest BCUT2D eigenvalue weighted by molar-refractivity contribution is 8.00. The fourth-order valence-electron chi connectivity index (χ4n) is 2.87. The van der Waals surface area contributed by atoms with E-state index >= 15 is 0 Å². The Kier molecular flexibility index (Phi) is 5.79. The molecule has 0 radical (unpaired) electrons. The molecule has 9 heteroatoms. The van der Waals surface area contributed by atoms with Crippen LogP contribution in [-0.4, -0.2) is 41.4 Å². The van der Waals surface area contributed by atoms with Crippen LogP contribution in [0.25, 0.3) is 0 Å². The lowest BCUT2D eigenvalue weighted by Crippen LogP contribution is -2.46. The molecular weight excluding hydrogens is 381 g/mol. The molecule has 0 atom stereocenters. The van der Waals surface area contributed by atoms with E-state index in [0.717, 1.165) is 0 Å². The fraction of sp³-hybridized carbons (Fsp3) is 0.333. The molecule has 1 fully saturated rings. The van der Waals surface area contributed by atoms with E-state index in [2.05, 4.69) is 5.32 Å². The number of benzene rings is 1. The number of thioether (sulfide) groups is 1. The molecule has 1 aromatic heterocycles. The summed E-state index contributed by atoms with van der Waals surface area (Å²) in [5.74, 6) is -0.440. The summed E-state index contributed by atoms with van der Waals surface area (Å²) >= 11 is -0.217. The lowest BCUT2D eigenvalue weighted by Gasteiger charge is -2.32. The van der Waals surface area contributed by atoms with Crippen LogP contribution < -0.4 is 5.32 Å². The largest absolute Gasteiger partial charge is 0.472 e. The Morgan fingerprint density at radius 2 is 1.74 bits per heavy atom. The van der Waals surface area contributed by atoms with Crippen LogP contribution in [-0.2, 0) is 0 Å². The Morgan fingerprint density at radius 3 is 2.30 bits per heavy atom. The fourth-order valence-corrected chi connectivity index (χ4v) is 3.41. The first-order chi connectivity index (χ1) is 12.8. The lowest BCUT2D eigenvalue weighted by atomic mass is 10.0. The molecule has 0 spiro atoms. The summed E-state index contributed by atoms with van der Waals surface area (Å²) < 4.78 is 41.9. The molecular formula is C18H17F3N2O3S. The second-order valence-electron chi connectivity index (χ2n) is 6.12. The van der Waals surface area contributed by atoms with E-state index in [4.69, 9.17) is 4.42 Å². The minimum atomic E-state index is -4.36. The minimum Gasteiger partial charge on any atom is -0.472 e. The Hall–Kier alpha value is -2.42. The van der Waals surface area contributed by atoms with Crippen molar-refractivity contribution in [3.63, 3.8) is 0 Å². The number of carbonyl (C=O) groups excluding carboxylic acids is 2. The number of hydrogen-bond donors (Lipinski definition) is 1. The number of hydrogen-bond acceptors (Lipinski definition) is 4. The SMILES string of the molecule is O=C(NC1CCN(C(=O)c2ccoc2)CC1)c1ccc(SC(F)(F)F)cc1. The van der Waals surface area contributed by atoms with Crippen LogP contribution >= 0.6 is 11.8 Å². The van der Waals surface area contributed by atoms with Crippen LogP contribution in [0.3, 0.4) is 0 Å². The number of rotatable bonds is 4. The van der Waals surface area contributed by atoms with Gasteiger partial charge in [0.2, 0.25) is 0 Å². The van der Waals surface area contributed by atoms with Gasteiger partial charge < -0.3 is 14.6 Å². The molecule has 0 unspecified atom stereocenters. The molecule has 2 aromatic rings. The second kappa shape index (κ2) is 8.08. The van der Waals surface area contributed by atoms with Crippen LogP contribution in [0.2, 0.25) is 0 Å². The van der Waals surface area contributed by atoms with Gasteiger partial charge in [0.1, 0.15) is 6.26 Å². The van der Waals surface area contributed by atoms with E-state index in [1.807, 2.05) is 0 Å². The number of alkyl halides is 3. The van der Waals surface area contributed by atoms with Crippen molar-refractivity contribution in [1.29, 1.82) is 0 Å². The third-order valence-corrected chi connectivity index (χ3v) is 4.97. The predicted octanol–water partition coefficient (Wildman–Crippen LogP) is 3.93. The van der Waals surface area contributed by atoms with E-state index in [1.165, 1.54) is 36.8 Å². The van der Waals surface area contributed by atoms with E-state index in [-0.39, 0.29) is 34.5 Å². The summed E-state index contributed by atoms with van der Waals surface area (Å²) in [6, 6.07) is 6.83. The van der Waals surface area contributed by atoms with Crippen molar-refractivity contribution < 1.29 is 27.2 Å². The number of nitrogens with one attached hydrogen (secondary N) is 1. The van der Waals surface area contributed by atoms with Gasteiger partial charge in [-0.3, -0.25) is 9.59 Å². The Labute approximate surface area is 157 Å². The van der Waals surface area contributed by atoms with Gasteiger partial charge in [-0.2, -0.15) is 13.2 Å². The molecule has 2 heterocycles. The zero-order chi connectivity index (χ0) is 19.4. The second-order valence-corrected chi connectivity index (χ2v) is 7.26. The van der Waals surface area contributed by atoms with Crippen LogP contribution in [0.4, 0.5) is 13.2 Å². The van der Waals surface area contributed by atoms with E-state index in [0.29, 0.717) is 37.1 Å². The van der Waals surface area contributed by atoms with Crippen LogP contribution in [0, 0.1) is 0 Å².